The van der Waals surface area contributed by atoms with Crippen LogP contribution in [0.2, 0.25) is 0 Å². The average molecular weight is 207 g/mol. The highest BCUT2D eigenvalue weighted by atomic mass is 35.5. The minimum absolute atomic E-state index is 0.183. The van der Waals surface area contributed by atoms with Gasteiger partial charge in [-0.05, 0) is 6.42 Å². The summed E-state index contributed by atoms with van der Waals surface area (Å²) in [7, 11) is 2.42. The van der Waals surface area contributed by atoms with Crippen LogP contribution < -0.4 is 0 Å². The molecule has 0 heterocycles. The van der Waals surface area contributed by atoms with Crippen molar-refractivity contribution in [3.05, 3.63) is 11.6 Å². The van der Waals surface area contributed by atoms with Gasteiger partial charge in [-0.15, -0.1) is 0 Å². The molecule has 0 aromatic heterocycles. The summed E-state index contributed by atoms with van der Waals surface area (Å²) in [6.45, 7) is 0. The Morgan fingerprint density at radius 2 is 1.77 bits per heavy atom. The lowest BCUT2D eigenvalue weighted by molar-refractivity contribution is -0.158. The van der Waals surface area contributed by atoms with Crippen LogP contribution in [0.3, 0.4) is 0 Å². The molecule has 0 spiro atoms. The highest BCUT2D eigenvalue weighted by Crippen LogP contribution is 2.09. The maximum Gasteiger partial charge on any atom is 0.320 e. The molecule has 0 unspecified atom stereocenters. The van der Waals surface area contributed by atoms with E-state index >= 15 is 0 Å². The van der Waals surface area contributed by atoms with Crippen molar-refractivity contribution in [1.29, 1.82) is 0 Å². The van der Waals surface area contributed by atoms with Gasteiger partial charge in [-0.3, -0.25) is 9.59 Å². The van der Waals surface area contributed by atoms with Crippen LogP contribution in [0.5, 0.6) is 0 Å². The molecule has 5 heteroatoms. The van der Waals surface area contributed by atoms with Gasteiger partial charge in [0.05, 0.1) is 14.2 Å². The number of hydrogen-bond acceptors (Lipinski definition) is 4. The number of allylic oxidation sites excluding steroid dienone is 1. The molecule has 0 rings (SSSR count). The second-order valence-electron chi connectivity index (χ2n) is 2.20. The molecule has 0 bridgehead atoms. The van der Waals surface area contributed by atoms with Gasteiger partial charge in [0.2, 0.25) is 0 Å². The number of rotatable bonds is 4. The smallest absolute Gasteiger partial charge is 0.320 e. The van der Waals surface area contributed by atoms with Gasteiger partial charge >= 0.3 is 11.9 Å². The Hall–Kier alpha value is -1.03. The number of methoxy groups -OCH3 is 2. The van der Waals surface area contributed by atoms with Gasteiger partial charge in [-0.1, -0.05) is 17.7 Å². The fourth-order valence-electron chi connectivity index (χ4n) is 0.761. The van der Waals surface area contributed by atoms with Gasteiger partial charge in [0.15, 0.2) is 5.92 Å². The number of ether oxygens (including phenoxy) is 2. The molecule has 0 saturated heterocycles. The molecule has 74 valence electrons. The Morgan fingerprint density at radius 1 is 1.31 bits per heavy atom. The number of halogens is 1. The quantitative estimate of drug-likeness (QED) is 0.511. The van der Waals surface area contributed by atoms with E-state index in [0.29, 0.717) is 0 Å². The second kappa shape index (κ2) is 6.48. The van der Waals surface area contributed by atoms with Crippen molar-refractivity contribution in [2.45, 2.75) is 6.42 Å². The Balaban J connectivity index is 4.35. The maximum absolute atomic E-state index is 11.0. The molecule has 0 aliphatic heterocycles. The van der Waals surface area contributed by atoms with E-state index in [9.17, 15) is 9.59 Å². The van der Waals surface area contributed by atoms with E-state index in [1.165, 1.54) is 25.8 Å². The zero-order valence-corrected chi connectivity index (χ0v) is 8.21. The van der Waals surface area contributed by atoms with Gasteiger partial charge in [-0.25, -0.2) is 0 Å². The van der Waals surface area contributed by atoms with Crippen molar-refractivity contribution in [3.63, 3.8) is 0 Å². The highest BCUT2D eigenvalue weighted by molar-refractivity contribution is 6.25. The first-order chi connectivity index (χ1) is 6.17. The molecule has 13 heavy (non-hydrogen) atoms. The molecule has 0 atom stereocenters. The van der Waals surface area contributed by atoms with Crippen LogP contribution in [0.4, 0.5) is 0 Å². The minimum Gasteiger partial charge on any atom is -0.468 e. The zero-order valence-electron chi connectivity index (χ0n) is 7.45. The molecule has 0 amide bonds. The van der Waals surface area contributed by atoms with Crippen LogP contribution in [0.25, 0.3) is 0 Å². The first kappa shape index (κ1) is 12.0. The molecular weight excluding hydrogens is 196 g/mol. The van der Waals surface area contributed by atoms with Gasteiger partial charge < -0.3 is 9.47 Å². The standard InChI is InChI=1S/C8H11ClO4/c1-12-7(10)6(4-3-5-9)8(11)13-2/h3,5-6H,4H2,1-2H3/b5-3+. The van der Waals surface area contributed by atoms with E-state index in [0.717, 1.165) is 0 Å². The topological polar surface area (TPSA) is 52.6 Å². The fraction of sp³-hybridized carbons (Fsp3) is 0.500. The van der Waals surface area contributed by atoms with Crippen LogP contribution in [0, 0.1) is 5.92 Å². The Morgan fingerprint density at radius 3 is 2.08 bits per heavy atom. The monoisotopic (exact) mass is 206 g/mol. The first-order valence-corrected chi connectivity index (χ1v) is 4.01. The van der Waals surface area contributed by atoms with Crippen LogP contribution in [-0.2, 0) is 19.1 Å². The molecule has 0 aliphatic rings. The van der Waals surface area contributed by atoms with Gasteiger partial charge in [0, 0.05) is 5.54 Å². The number of carbonyl (C=O) groups is 2. The second-order valence-corrected chi connectivity index (χ2v) is 2.45. The van der Waals surface area contributed by atoms with Crippen LogP contribution in [0.1, 0.15) is 6.42 Å². The molecule has 0 fully saturated rings. The van der Waals surface area contributed by atoms with E-state index < -0.39 is 17.9 Å². The van der Waals surface area contributed by atoms with Gasteiger partial charge in [0.25, 0.3) is 0 Å². The third kappa shape index (κ3) is 3.94. The van der Waals surface area contributed by atoms with Crippen LogP contribution in [-0.4, -0.2) is 26.2 Å². The zero-order chi connectivity index (χ0) is 10.3. The van der Waals surface area contributed by atoms with E-state index in [2.05, 4.69) is 9.47 Å². The van der Waals surface area contributed by atoms with Crippen molar-refractivity contribution in [2.24, 2.45) is 5.92 Å². The van der Waals surface area contributed by atoms with Crippen molar-refractivity contribution in [2.75, 3.05) is 14.2 Å². The molecule has 0 N–H and O–H groups in total. The largest absolute Gasteiger partial charge is 0.468 e. The summed E-state index contributed by atoms with van der Waals surface area (Å²) < 4.78 is 8.83. The Labute approximate surface area is 81.5 Å². The predicted octanol–water partition coefficient (Wildman–Crippen LogP) is 1.09. The van der Waals surface area contributed by atoms with Crippen molar-refractivity contribution < 1.29 is 19.1 Å². The first-order valence-electron chi connectivity index (χ1n) is 3.58. The molecular formula is C8H11ClO4. The molecule has 0 saturated carbocycles. The molecule has 0 aromatic rings. The lowest BCUT2D eigenvalue weighted by atomic mass is 10.1. The van der Waals surface area contributed by atoms with Crippen LogP contribution in [0.15, 0.2) is 11.6 Å². The number of hydrogen-bond donors (Lipinski definition) is 0. The lowest BCUT2D eigenvalue weighted by Gasteiger charge is -2.09. The van der Waals surface area contributed by atoms with Gasteiger partial charge in [-0.2, -0.15) is 0 Å². The van der Waals surface area contributed by atoms with Crippen molar-refractivity contribution in [1.82, 2.24) is 0 Å². The summed E-state index contributed by atoms with van der Waals surface area (Å²) in [6.07, 6.45) is 1.67. The summed E-state index contributed by atoms with van der Waals surface area (Å²) in [5, 5.41) is 0. The van der Waals surface area contributed by atoms with Crippen molar-refractivity contribution in [3.8, 4) is 0 Å². The highest BCUT2D eigenvalue weighted by Gasteiger charge is 2.26. The van der Waals surface area contributed by atoms with Crippen molar-refractivity contribution >= 4 is 23.5 Å². The molecule has 4 nitrogen and oxygen atoms in total. The maximum atomic E-state index is 11.0. The van der Waals surface area contributed by atoms with E-state index in [4.69, 9.17) is 11.6 Å². The predicted molar refractivity (Wildman–Crippen MR) is 47.1 cm³/mol. The van der Waals surface area contributed by atoms with Crippen LogP contribution >= 0.6 is 11.6 Å². The van der Waals surface area contributed by atoms with E-state index in [-0.39, 0.29) is 6.42 Å². The molecule has 0 aliphatic carbocycles. The summed E-state index contributed by atoms with van der Waals surface area (Å²) >= 11 is 5.26. The third-order valence-electron chi connectivity index (χ3n) is 1.43. The fourth-order valence-corrected chi connectivity index (χ4v) is 0.864. The summed E-state index contributed by atoms with van der Waals surface area (Å²) in [6, 6.07) is 0. The SMILES string of the molecule is COC(=O)C(C/C=C/Cl)C(=O)OC. The average Bonchev–Trinajstić information content (AvgIpc) is 2.17. The summed E-state index contributed by atoms with van der Waals surface area (Å²) in [5.41, 5.74) is 1.24. The normalized spacial score (nSPS) is 10.5. The molecule has 0 aromatic carbocycles. The van der Waals surface area contributed by atoms with Gasteiger partial charge in [0.1, 0.15) is 0 Å². The number of esters is 2. The Bertz CT molecular complexity index is 196. The Kier molecular flexibility index (Phi) is 5.97. The van der Waals surface area contributed by atoms with E-state index in [1.807, 2.05) is 0 Å². The van der Waals surface area contributed by atoms with E-state index in [1.54, 1.807) is 0 Å². The summed E-state index contributed by atoms with van der Waals surface area (Å²) in [5.74, 6) is -2.17. The number of carbonyl (C=O) groups excluding carboxylic acids is 2. The minimum atomic E-state index is -0.926. The lowest BCUT2D eigenvalue weighted by Crippen LogP contribution is -2.25. The third-order valence-corrected chi connectivity index (χ3v) is 1.61. The molecule has 0 radical (unpaired) electrons. The summed E-state index contributed by atoms with van der Waals surface area (Å²) in [4.78, 5) is 22.0.